The molecule has 0 unspecified atom stereocenters. The third-order valence-electron chi connectivity index (χ3n) is 4.90. The molecule has 6 nitrogen and oxygen atoms in total. The number of aromatic nitrogens is 3. The summed E-state index contributed by atoms with van der Waals surface area (Å²) in [5.41, 5.74) is 3.48. The lowest BCUT2D eigenvalue weighted by Crippen LogP contribution is -2.24. The Balaban J connectivity index is 1.46. The van der Waals surface area contributed by atoms with Crippen LogP contribution in [0.3, 0.4) is 0 Å². The summed E-state index contributed by atoms with van der Waals surface area (Å²) in [6.07, 6.45) is 1.60. The summed E-state index contributed by atoms with van der Waals surface area (Å²) in [6.45, 7) is 0.326. The molecule has 0 atom stereocenters. The number of fused-ring (bicyclic) bond motifs is 1. The minimum Gasteiger partial charge on any atom is -0.462 e. The number of nitrogens with one attached hydrogen (secondary N) is 1. The smallest absolute Gasteiger partial charge is 0.264 e. The van der Waals surface area contributed by atoms with Crippen LogP contribution in [0.25, 0.3) is 33.1 Å². The summed E-state index contributed by atoms with van der Waals surface area (Å²) >= 11 is 1.32. The molecule has 0 bridgehead atoms. The van der Waals surface area contributed by atoms with Gasteiger partial charge in [-0.2, -0.15) is 0 Å². The average Bonchev–Trinajstić information content (AvgIpc) is 3.52. The summed E-state index contributed by atoms with van der Waals surface area (Å²) in [5, 5.41) is 3.68. The van der Waals surface area contributed by atoms with Crippen molar-refractivity contribution in [2.45, 2.75) is 6.54 Å². The fourth-order valence-corrected chi connectivity index (χ4v) is 4.34. The van der Waals surface area contributed by atoms with E-state index in [0.29, 0.717) is 27.9 Å². The highest BCUT2D eigenvalue weighted by atomic mass is 32.1. The van der Waals surface area contributed by atoms with Crippen LogP contribution in [-0.4, -0.2) is 20.4 Å². The van der Waals surface area contributed by atoms with E-state index in [1.54, 1.807) is 6.26 Å². The van der Waals surface area contributed by atoms with Gasteiger partial charge in [0.25, 0.3) is 5.91 Å². The Morgan fingerprint density at radius 2 is 1.83 bits per heavy atom. The second-order valence-electron chi connectivity index (χ2n) is 6.80. The quantitative estimate of drug-likeness (QED) is 0.445. The number of carbonyl (C=O) groups is 1. The van der Waals surface area contributed by atoms with Gasteiger partial charge < -0.3 is 14.3 Å². The molecule has 2 aromatic carbocycles. The summed E-state index contributed by atoms with van der Waals surface area (Å²) in [7, 11) is 1.95. The van der Waals surface area contributed by atoms with Crippen molar-refractivity contribution in [1.82, 2.24) is 19.9 Å². The average molecular weight is 414 g/mol. The maximum absolute atomic E-state index is 13.1. The molecule has 3 heterocycles. The first-order chi connectivity index (χ1) is 14.7. The number of para-hydroxylation sites is 2. The van der Waals surface area contributed by atoms with E-state index in [1.165, 1.54) is 11.3 Å². The van der Waals surface area contributed by atoms with Crippen molar-refractivity contribution in [3.63, 3.8) is 0 Å². The Kier molecular flexibility index (Phi) is 4.65. The maximum Gasteiger partial charge on any atom is 0.264 e. The molecule has 30 heavy (non-hydrogen) atoms. The largest absolute Gasteiger partial charge is 0.462 e. The molecular weight excluding hydrogens is 396 g/mol. The maximum atomic E-state index is 13.1. The van der Waals surface area contributed by atoms with Gasteiger partial charge in [-0.1, -0.05) is 42.5 Å². The summed E-state index contributed by atoms with van der Waals surface area (Å²) in [5.74, 6) is 1.25. The fourth-order valence-electron chi connectivity index (χ4n) is 3.36. The van der Waals surface area contributed by atoms with E-state index < -0.39 is 0 Å². The number of carbonyl (C=O) groups excluding carboxylic acids is 1. The summed E-state index contributed by atoms with van der Waals surface area (Å²) in [6, 6.07) is 21.3. The van der Waals surface area contributed by atoms with Gasteiger partial charge in [0.1, 0.15) is 10.7 Å². The van der Waals surface area contributed by atoms with Gasteiger partial charge in [-0.3, -0.25) is 4.79 Å². The van der Waals surface area contributed by atoms with E-state index in [1.807, 2.05) is 78.3 Å². The second kappa shape index (κ2) is 7.61. The van der Waals surface area contributed by atoms with Crippen LogP contribution in [0, 0.1) is 0 Å². The normalized spacial score (nSPS) is 11.1. The van der Waals surface area contributed by atoms with Crippen LogP contribution in [-0.2, 0) is 13.6 Å². The molecule has 1 amide bonds. The lowest BCUT2D eigenvalue weighted by molar-refractivity contribution is 0.0954. The standard InChI is InChI=1S/C23H18N4O2S/c1-27-17-11-6-5-10-16(17)25-19(27)14-24-22(28)21-20(15-8-3-2-4-9-15)26-23(30-21)18-12-7-13-29-18/h2-13H,14H2,1H3,(H,24,28). The molecule has 7 heteroatoms. The molecule has 0 fully saturated rings. The SMILES string of the molecule is Cn1c(CNC(=O)c2sc(-c3ccco3)nc2-c2ccccc2)nc2ccccc21. The number of imidazole rings is 1. The molecule has 3 aromatic heterocycles. The molecule has 0 saturated carbocycles. The Bertz CT molecular complexity index is 1320. The molecular formula is C23H18N4O2S. The number of thiazole rings is 1. The van der Waals surface area contributed by atoms with Crippen molar-refractivity contribution < 1.29 is 9.21 Å². The van der Waals surface area contributed by atoms with E-state index in [0.717, 1.165) is 22.4 Å². The topological polar surface area (TPSA) is 73.0 Å². The van der Waals surface area contributed by atoms with Crippen LogP contribution in [0.2, 0.25) is 0 Å². The number of hydrogen-bond acceptors (Lipinski definition) is 5. The number of amides is 1. The zero-order valence-electron chi connectivity index (χ0n) is 16.2. The van der Waals surface area contributed by atoms with Crippen LogP contribution in [0.5, 0.6) is 0 Å². The van der Waals surface area contributed by atoms with E-state index >= 15 is 0 Å². The van der Waals surface area contributed by atoms with Crippen LogP contribution in [0.15, 0.2) is 77.4 Å². The Hall–Kier alpha value is -3.71. The minimum atomic E-state index is -0.184. The molecule has 0 aliphatic carbocycles. The van der Waals surface area contributed by atoms with E-state index in [2.05, 4.69) is 10.3 Å². The summed E-state index contributed by atoms with van der Waals surface area (Å²) < 4.78 is 7.48. The van der Waals surface area contributed by atoms with Crippen LogP contribution in [0.1, 0.15) is 15.5 Å². The van der Waals surface area contributed by atoms with Gasteiger partial charge >= 0.3 is 0 Å². The van der Waals surface area contributed by atoms with Crippen molar-refractivity contribution in [1.29, 1.82) is 0 Å². The zero-order valence-corrected chi connectivity index (χ0v) is 17.0. The molecule has 0 spiro atoms. The predicted molar refractivity (Wildman–Crippen MR) is 117 cm³/mol. The lowest BCUT2D eigenvalue weighted by atomic mass is 10.1. The molecule has 0 aliphatic heterocycles. The van der Waals surface area contributed by atoms with Gasteiger partial charge in [-0.05, 0) is 24.3 Å². The van der Waals surface area contributed by atoms with Crippen LogP contribution < -0.4 is 5.32 Å². The number of rotatable bonds is 5. The second-order valence-corrected chi connectivity index (χ2v) is 7.80. The van der Waals surface area contributed by atoms with E-state index in [-0.39, 0.29) is 5.91 Å². The Labute approximate surface area is 176 Å². The number of hydrogen-bond donors (Lipinski definition) is 1. The third-order valence-corrected chi connectivity index (χ3v) is 5.97. The van der Waals surface area contributed by atoms with Crippen LogP contribution >= 0.6 is 11.3 Å². The fraction of sp³-hybridized carbons (Fsp3) is 0.0870. The Morgan fingerprint density at radius 1 is 1.03 bits per heavy atom. The highest BCUT2D eigenvalue weighted by Crippen LogP contribution is 2.34. The number of nitrogens with zero attached hydrogens (tertiary/aromatic N) is 3. The van der Waals surface area contributed by atoms with Gasteiger partial charge in [0.15, 0.2) is 10.8 Å². The van der Waals surface area contributed by atoms with Crippen molar-refractivity contribution in [3.8, 4) is 22.0 Å². The molecule has 0 saturated heterocycles. The van der Waals surface area contributed by atoms with Gasteiger partial charge in [0, 0.05) is 12.6 Å². The Morgan fingerprint density at radius 3 is 2.60 bits per heavy atom. The number of aryl methyl sites for hydroxylation is 1. The minimum absolute atomic E-state index is 0.184. The zero-order chi connectivity index (χ0) is 20.5. The molecule has 148 valence electrons. The first-order valence-electron chi connectivity index (χ1n) is 9.49. The van der Waals surface area contributed by atoms with Gasteiger partial charge in [0.05, 0.1) is 29.5 Å². The van der Waals surface area contributed by atoms with Crippen molar-refractivity contribution in [2.24, 2.45) is 7.05 Å². The monoisotopic (exact) mass is 414 g/mol. The molecule has 0 aliphatic rings. The molecule has 1 N–H and O–H groups in total. The highest BCUT2D eigenvalue weighted by molar-refractivity contribution is 7.17. The molecule has 0 radical (unpaired) electrons. The number of furan rings is 1. The van der Waals surface area contributed by atoms with Gasteiger partial charge in [-0.25, -0.2) is 9.97 Å². The lowest BCUT2D eigenvalue weighted by Gasteiger charge is -2.06. The van der Waals surface area contributed by atoms with Crippen LogP contribution in [0.4, 0.5) is 0 Å². The first-order valence-corrected chi connectivity index (χ1v) is 10.3. The van der Waals surface area contributed by atoms with Crippen molar-refractivity contribution in [2.75, 3.05) is 0 Å². The summed E-state index contributed by atoms with van der Waals surface area (Å²) in [4.78, 5) is 23.0. The van der Waals surface area contributed by atoms with E-state index in [9.17, 15) is 4.79 Å². The van der Waals surface area contributed by atoms with Crippen molar-refractivity contribution >= 4 is 28.3 Å². The number of benzene rings is 2. The molecule has 5 rings (SSSR count). The highest BCUT2D eigenvalue weighted by Gasteiger charge is 2.21. The van der Waals surface area contributed by atoms with Gasteiger partial charge in [0.2, 0.25) is 0 Å². The van der Waals surface area contributed by atoms with Gasteiger partial charge in [-0.15, -0.1) is 11.3 Å². The van der Waals surface area contributed by atoms with E-state index in [4.69, 9.17) is 9.40 Å². The first kappa shape index (κ1) is 18.3. The predicted octanol–water partition coefficient (Wildman–Crippen LogP) is 4.89. The third kappa shape index (κ3) is 3.29. The van der Waals surface area contributed by atoms with Crippen molar-refractivity contribution in [3.05, 3.63) is 83.7 Å². The molecule has 5 aromatic rings.